The van der Waals surface area contributed by atoms with Crippen molar-refractivity contribution < 1.29 is 0 Å². The summed E-state index contributed by atoms with van der Waals surface area (Å²) in [6, 6.07) is 0. The standard InChI is InChI=1S/2C2H2.Mg/c2*1-2;/h2*1-2H;. The van der Waals surface area contributed by atoms with Crippen LogP contribution >= 0.6 is 0 Å². The second-order valence-corrected chi connectivity index (χ2v) is 0. The molecule has 0 nitrogen and oxygen atoms in total. The molecule has 0 aliphatic rings. The Bertz CT molecular complexity index is 19.1. The topological polar surface area (TPSA) is 0 Å². The van der Waals surface area contributed by atoms with E-state index in [1.54, 1.807) is 0 Å². The highest BCUT2D eigenvalue weighted by Gasteiger charge is 0.456. The predicted octanol–water partition coefficient (Wildman–Crippen LogP) is 0.118. The van der Waals surface area contributed by atoms with E-state index in [0.29, 0.717) is 0 Å². The van der Waals surface area contributed by atoms with Crippen molar-refractivity contribution in [2.24, 2.45) is 0 Å². The third kappa shape index (κ3) is 1070. The van der Waals surface area contributed by atoms with Gasteiger partial charge in [0.05, 0.1) is 0 Å². The second kappa shape index (κ2) is 2500. The SMILES string of the molecule is C#C.C#C.[Mg]. The number of hydrogen-bond donors (Lipinski definition) is 0. The Morgan fingerprint density at radius 1 is 0.600 bits per heavy atom. The zero-order valence-electron chi connectivity index (χ0n) is 3.02. The predicted molar refractivity (Wildman–Crippen MR) is 25.5 cm³/mol. The summed E-state index contributed by atoms with van der Waals surface area (Å²) in [6.07, 6.45) is 16.0. The van der Waals surface area contributed by atoms with Gasteiger partial charge in [-0.3, -0.25) is 0 Å². The van der Waals surface area contributed by atoms with Crippen molar-refractivity contribution >= 4 is 23.1 Å². The molecule has 0 aromatic heterocycles. The maximum absolute atomic E-state index is 4.00. The van der Waals surface area contributed by atoms with Gasteiger partial charge < -0.3 is 0 Å². The van der Waals surface area contributed by atoms with Crippen molar-refractivity contribution in [2.45, 2.75) is 0 Å². The highest BCUT2D eigenvalue weighted by Crippen LogP contribution is 0.581. The molecule has 0 atom stereocenters. The Balaban J connectivity index is -0.0000000133. The smallest absolute Gasteiger partial charge is 0 e. The van der Waals surface area contributed by atoms with E-state index in [1.165, 1.54) is 0 Å². The fourth-order valence-electron chi connectivity index (χ4n) is 0. The van der Waals surface area contributed by atoms with Crippen molar-refractivity contribution in [1.29, 1.82) is 0 Å². The van der Waals surface area contributed by atoms with Crippen LogP contribution in [-0.2, 0) is 0 Å². The van der Waals surface area contributed by atoms with Gasteiger partial charge >= 0.3 is 0 Å². The van der Waals surface area contributed by atoms with Crippen LogP contribution in [0.4, 0.5) is 0 Å². The van der Waals surface area contributed by atoms with Gasteiger partial charge in [0.2, 0.25) is 0 Å². The molecule has 1 heteroatoms. The summed E-state index contributed by atoms with van der Waals surface area (Å²) in [4.78, 5) is 0. The van der Waals surface area contributed by atoms with Crippen LogP contribution in [0.15, 0.2) is 0 Å². The maximum atomic E-state index is 4.00. The zero-order valence-corrected chi connectivity index (χ0v) is 4.43. The average molecular weight is 76.4 g/mol. The van der Waals surface area contributed by atoms with Gasteiger partial charge in [0, 0.05) is 23.1 Å². The van der Waals surface area contributed by atoms with E-state index < -0.39 is 0 Å². The number of rotatable bonds is 0. The summed E-state index contributed by atoms with van der Waals surface area (Å²) in [6.45, 7) is 0. The molecule has 5 heavy (non-hydrogen) atoms. The molecule has 0 unspecified atom stereocenters. The third-order valence-corrected chi connectivity index (χ3v) is 0. The van der Waals surface area contributed by atoms with Crippen molar-refractivity contribution in [3.63, 3.8) is 0 Å². The zero-order chi connectivity index (χ0) is 4.00. The lowest BCUT2D eigenvalue weighted by Crippen LogP contribution is -0.576. The van der Waals surface area contributed by atoms with Gasteiger partial charge in [0.25, 0.3) is 0 Å². The molecule has 0 saturated heterocycles. The molecule has 0 aliphatic carbocycles. The first kappa shape index (κ1) is 20.7. The monoisotopic (exact) mass is 76.0 g/mol. The molecule has 0 saturated carbocycles. The summed E-state index contributed by atoms with van der Waals surface area (Å²) < 4.78 is 0. The molecule has 22 valence electrons. The third-order valence-electron chi connectivity index (χ3n) is 0. The van der Waals surface area contributed by atoms with Crippen molar-refractivity contribution in [2.75, 3.05) is 0 Å². The molecule has 0 heterocycles. The molecule has 0 bridgehead atoms. The normalized spacial score (nSPS) is 0.800. The Morgan fingerprint density at radius 2 is 0.600 bits per heavy atom. The second-order valence-electron chi connectivity index (χ2n) is 0. The van der Waals surface area contributed by atoms with Gasteiger partial charge in [-0.25, -0.2) is 0 Å². The minimum Gasteiger partial charge on any atom is -0.124 e. The lowest BCUT2D eigenvalue weighted by Gasteiger charge is -0.701. The van der Waals surface area contributed by atoms with Crippen LogP contribution in [-0.4, -0.2) is 23.1 Å². The van der Waals surface area contributed by atoms with E-state index in [1.807, 2.05) is 0 Å². The van der Waals surface area contributed by atoms with Gasteiger partial charge in [-0.2, -0.15) is 0 Å². The summed E-state index contributed by atoms with van der Waals surface area (Å²) in [5.41, 5.74) is 0. The van der Waals surface area contributed by atoms with Crippen molar-refractivity contribution in [1.82, 2.24) is 0 Å². The highest BCUT2D eigenvalue weighted by molar-refractivity contribution is 5.75. The molecular weight excluding hydrogens is 72.3 g/mol. The lowest BCUT2D eigenvalue weighted by molar-refractivity contribution is 3.31. The molecule has 2 radical (unpaired) electrons. The molecule has 0 fully saturated rings. The highest BCUT2D eigenvalue weighted by atomic mass is 24.3. The van der Waals surface area contributed by atoms with Gasteiger partial charge in [-0.05, 0) is 0 Å². The van der Waals surface area contributed by atoms with Gasteiger partial charge in [0.15, 0.2) is 0 Å². The van der Waals surface area contributed by atoms with E-state index in [2.05, 4.69) is 25.7 Å². The molecular formula is C4H4Mg. The summed E-state index contributed by atoms with van der Waals surface area (Å²) in [5, 5.41) is 0. The Morgan fingerprint density at radius 3 is 0.600 bits per heavy atom. The van der Waals surface area contributed by atoms with Gasteiger partial charge in [0.1, 0.15) is 0 Å². The Kier molecular flexibility index (Phi) is 10400. The lowest BCUT2D eigenvalue weighted by atomic mass is 11.4. The van der Waals surface area contributed by atoms with Crippen molar-refractivity contribution in [3.05, 3.63) is 0 Å². The first-order valence-corrected chi connectivity index (χ1v) is 0.667. The molecule has 0 aromatic carbocycles. The summed E-state index contributed by atoms with van der Waals surface area (Å²) in [5.74, 6) is 0. The first-order valence-electron chi connectivity index (χ1n) is 0.667. The van der Waals surface area contributed by atoms with Crippen LogP contribution in [0, 0.1) is 25.7 Å². The van der Waals surface area contributed by atoms with Gasteiger partial charge in [-0.1, -0.05) is 0 Å². The molecule has 0 aliphatic heterocycles. The summed E-state index contributed by atoms with van der Waals surface area (Å²) >= 11 is 0. The molecule has 0 N–H and O–H groups in total. The van der Waals surface area contributed by atoms with E-state index in [9.17, 15) is 0 Å². The Labute approximate surface area is 49.1 Å². The van der Waals surface area contributed by atoms with Crippen LogP contribution < -0.4 is 0 Å². The molecule has 0 amide bonds. The number of hydrogen-bond acceptors (Lipinski definition) is 0. The minimum absolute atomic E-state index is 0. The molecule has 0 rings (SSSR count). The molecule has 0 aromatic rings. The molecule has 0 spiro atoms. The summed E-state index contributed by atoms with van der Waals surface area (Å²) in [7, 11) is 0. The minimum atomic E-state index is 0. The fraction of sp³-hybridized carbons (Fsp3) is 0. The Hall–Kier alpha value is -0.114. The van der Waals surface area contributed by atoms with E-state index in [-0.39, 0.29) is 23.1 Å². The quantitative estimate of drug-likeness (QED) is 0.284. The van der Waals surface area contributed by atoms with E-state index in [4.69, 9.17) is 0 Å². The van der Waals surface area contributed by atoms with Crippen LogP contribution in [0.1, 0.15) is 0 Å². The fourth-order valence-corrected chi connectivity index (χ4v) is 0. The average Bonchev–Trinajstić information content (AvgIpc) is 1.50. The van der Waals surface area contributed by atoms with Crippen LogP contribution in [0.2, 0.25) is 0 Å². The number of terminal acetylenes is 2. The van der Waals surface area contributed by atoms with E-state index in [0.717, 1.165) is 0 Å². The van der Waals surface area contributed by atoms with Crippen LogP contribution in [0.3, 0.4) is 0 Å². The van der Waals surface area contributed by atoms with Crippen LogP contribution in [0.5, 0.6) is 0 Å². The van der Waals surface area contributed by atoms with Gasteiger partial charge in [-0.15, -0.1) is 25.7 Å². The van der Waals surface area contributed by atoms with E-state index >= 15 is 0 Å². The maximum Gasteiger partial charge on any atom is 0 e. The van der Waals surface area contributed by atoms with Crippen LogP contribution in [0.25, 0.3) is 0 Å². The first-order chi connectivity index (χ1) is 2.00. The largest absolute Gasteiger partial charge is 0.124 e. The van der Waals surface area contributed by atoms with Crippen molar-refractivity contribution in [3.8, 4) is 25.7 Å².